The molecule has 0 radical (unpaired) electrons. The van der Waals surface area contributed by atoms with Crippen molar-refractivity contribution in [2.75, 3.05) is 12.4 Å². The third-order valence-corrected chi connectivity index (χ3v) is 4.38. The SMILES string of the molecule is COC(=O)c1c(NCc2ccccc2C(F)(F)F)c2cc(Cl)ccc2[nH]c1=O. The molecule has 0 fully saturated rings. The van der Waals surface area contributed by atoms with E-state index in [0.717, 1.165) is 13.2 Å². The van der Waals surface area contributed by atoms with Gasteiger partial charge in [-0.05, 0) is 29.8 Å². The van der Waals surface area contributed by atoms with Gasteiger partial charge in [0.15, 0.2) is 0 Å². The number of H-pyrrole nitrogens is 1. The molecule has 0 amide bonds. The molecule has 2 N–H and O–H groups in total. The fourth-order valence-corrected chi connectivity index (χ4v) is 3.05. The van der Waals surface area contributed by atoms with Crippen LogP contribution in [0.15, 0.2) is 47.3 Å². The number of esters is 1. The number of aromatic nitrogens is 1. The van der Waals surface area contributed by atoms with Crippen LogP contribution in [0.1, 0.15) is 21.5 Å². The maximum atomic E-state index is 13.2. The molecule has 0 atom stereocenters. The lowest BCUT2D eigenvalue weighted by molar-refractivity contribution is -0.138. The predicted octanol–water partition coefficient (Wildman–Crippen LogP) is 4.60. The summed E-state index contributed by atoms with van der Waals surface area (Å²) in [5.41, 5.74) is -1.51. The van der Waals surface area contributed by atoms with Crippen LogP contribution < -0.4 is 10.9 Å². The Bertz CT molecular complexity index is 1110. The van der Waals surface area contributed by atoms with Gasteiger partial charge in [-0.15, -0.1) is 0 Å². The Labute approximate surface area is 162 Å². The van der Waals surface area contributed by atoms with Crippen molar-refractivity contribution >= 4 is 34.2 Å². The monoisotopic (exact) mass is 410 g/mol. The quantitative estimate of drug-likeness (QED) is 0.617. The average molecular weight is 411 g/mol. The largest absolute Gasteiger partial charge is 0.465 e. The Balaban J connectivity index is 2.14. The Hall–Kier alpha value is -3.00. The van der Waals surface area contributed by atoms with E-state index in [0.29, 0.717) is 15.9 Å². The molecule has 0 unspecified atom stereocenters. The van der Waals surface area contributed by atoms with E-state index in [2.05, 4.69) is 15.0 Å². The zero-order valence-corrected chi connectivity index (χ0v) is 15.2. The Morgan fingerprint density at radius 2 is 1.93 bits per heavy atom. The van der Waals surface area contributed by atoms with Crippen molar-refractivity contribution in [2.24, 2.45) is 0 Å². The highest BCUT2D eigenvalue weighted by Crippen LogP contribution is 2.33. The molecule has 0 bridgehead atoms. The summed E-state index contributed by atoms with van der Waals surface area (Å²) in [6.45, 7) is -0.273. The molecule has 0 spiro atoms. The predicted molar refractivity (Wildman–Crippen MR) is 99.7 cm³/mol. The molecular formula is C19H14ClF3N2O3. The number of hydrogen-bond acceptors (Lipinski definition) is 4. The molecule has 0 saturated carbocycles. The molecule has 9 heteroatoms. The first-order valence-corrected chi connectivity index (χ1v) is 8.43. The number of pyridine rings is 1. The van der Waals surface area contributed by atoms with E-state index < -0.39 is 23.3 Å². The minimum absolute atomic E-state index is 0.0405. The highest BCUT2D eigenvalue weighted by molar-refractivity contribution is 6.31. The number of rotatable bonds is 4. The summed E-state index contributed by atoms with van der Waals surface area (Å²) in [6, 6.07) is 9.61. The van der Waals surface area contributed by atoms with Crippen LogP contribution in [0.4, 0.5) is 18.9 Å². The summed E-state index contributed by atoms with van der Waals surface area (Å²) in [6.07, 6.45) is -4.54. The lowest BCUT2D eigenvalue weighted by atomic mass is 10.1. The Morgan fingerprint density at radius 1 is 1.21 bits per heavy atom. The number of carbonyl (C=O) groups is 1. The Morgan fingerprint density at radius 3 is 2.61 bits per heavy atom. The molecule has 28 heavy (non-hydrogen) atoms. The normalized spacial score (nSPS) is 11.5. The van der Waals surface area contributed by atoms with Crippen molar-refractivity contribution in [1.82, 2.24) is 4.98 Å². The highest BCUT2D eigenvalue weighted by atomic mass is 35.5. The van der Waals surface area contributed by atoms with E-state index in [9.17, 15) is 22.8 Å². The number of fused-ring (bicyclic) bond motifs is 1. The van der Waals surface area contributed by atoms with Gasteiger partial charge in [-0.3, -0.25) is 4.79 Å². The fourth-order valence-electron chi connectivity index (χ4n) is 2.88. The van der Waals surface area contributed by atoms with Gasteiger partial charge in [-0.25, -0.2) is 4.79 Å². The summed E-state index contributed by atoms with van der Waals surface area (Å²) in [7, 11) is 1.10. The lowest BCUT2D eigenvalue weighted by Crippen LogP contribution is -2.22. The van der Waals surface area contributed by atoms with E-state index in [1.807, 2.05) is 0 Å². The van der Waals surface area contributed by atoms with E-state index in [1.54, 1.807) is 6.07 Å². The number of anilines is 1. The minimum atomic E-state index is -4.54. The summed E-state index contributed by atoms with van der Waals surface area (Å²) in [5, 5.41) is 3.49. The number of alkyl halides is 3. The molecule has 0 aliphatic heterocycles. The molecule has 3 rings (SSSR count). The number of methoxy groups -OCH3 is 1. The van der Waals surface area contributed by atoms with Gasteiger partial charge >= 0.3 is 12.1 Å². The fraction of sp³-hybridized carbons (Fsp3) is 0.158. The van der Waals surface area contributed by atoms with Crippen LogP contribution in [0.25, 0.3) is 10.9 Å². The number of halogens is 4. The zero-order valence-electron chi connectivity index (χ0n) is 14.5. The third kappa shape index (κ3) is 3.82. The average Bonchev–Trinajstić information content (AvgIpc) is 2.65. The molecule has 146 valence electrons. The van der Waals surface area contributed by atoms with Crippen molar-refractivity contribution in [1.29, 1.82) is 0 Å². The van der Waals surface area contributed by atoms with Crippen LogP contribution in [0, 0.1) is 0 Å². The first-order valence-electron chi connectivity index (χ1n) is 8.05. The summed E-state index contributed by atoms with van der Waals surface area (Å²) < 4.78 is 44.4. The molecule has 0 aliphatic carbocycles. The number of hydrogen-bond donors (Lipinski definition) is 2. The van der Waals surface area contributed by atoms with Crippen molar-refractivity contribution in [3.63, 3.8) is 0 Å². The van der Waals surface area contributed by atoms with Gasteiger partial charge < -0.3 is 15.0 Å². The molecule has 5 nitrogen and oxygen atoms in total. The second-order valence-electron chi connectivity index (χ2n) is 5.89. The van der Waals surface area contributed by atoms with Crippen molar-refractivity contribution in [3.05, 3.63) is 74.5 Å². The van der Waals surface area contributed by atoms with Crippen LogP contribution in [-0.4, -0.2) is 18.1 Å². The van der Waals surface area contributed by atoms with Gasteiger partial charge in [0.05, 0.1) is 23.9 Å². The van der Waals surface area contributed by atoms with Crippen molar-refractivity contribution in [2.45, 2.75) is 12.7 Å². The van der Waals surface area contributed by atoms with Gasteiger partial charge in [-0.2, -0.15) is 13.2 Å². The topological polar surface area (TPSA) is 71.2 Å². The van der Waals surface area contributed by atoms with E-state index in [1.165, 1.54) is 30.3 Å². The first kappa shape index (κ1) is 19.8. The maximum absolute atomic E-state index is 13.2. The van der Waals surface area contributed by atoms with E-state index in [-0.39, 0.29) is 23.4 Å². The molecule has 2 aromatic carbocycles. The summed E-state index contributed by atoms with van der Waals surface area (Å²) >= 11 is 6.01. The summed E-state index contributed by atoms with van der Waals surface area (Å²) in [5.74, 6) is -0.922. The molecule has 0 saturated heterocycles. The number of aromatic amines is 1. The number of carbonyl (C=O) groups excluding carboxylic acids is 1. The van der Waals surface area contributed by atoms with Crippen LogP contribution in [0.3, 0.4) is 0 Å². The standard InChI is InChI=1S/C19H14ClF3N2O3/c1-28-18(27)15-16(12-8-11(20)6-7-14(12)25-17(15)26)24-9-10-4-2-3-5-13(10)19(21,22)23/h2-8H,9H2,1H3,(H2,24,25,26). The summed E-state index contributed by atoms with van der Waals surface area (Å²) in [4.78, 5) is 27.0. The van der Waals surface area contributed by atoms with Crippen LogP contribution in [-0.2, 0) is 17.5 Å². The third-order valence-electron chi connectivity index (χ3n) is 4.14. The van der Waals surface area contributed by atoms with Gasteiger partial charge in [0, 0.05) is 17.0 Å². The number of ether oxygens (including phenoxy) is 1. The van der Waals surface area contributed by atoms with Crippen molar-refractivity contribution in [3.8, 4) is 0 Å². The lowest BCUT2D eigenvalue weighted by Gasteiger charge is -2.16. The smallest absolute Gasteiger partial charge is 0.416 e. The van der Waals surface area contributed by atoms with Gasteiger partial charge in [0.1, 0.15) is 5.56 Å². The Kier molecular flexibility index (Phi) is 5.33. The van der Waals surface area contributed by atoms with E-state index in [4.69, 9.17) is 11.6 Å². The van der Waals surface area contributed by atoms with Crippen LogP contribution in [0.2, 0.25) is 5.02 Å². The number of benzene rings is 2. The second kappa shape index (κ2) is 7.55. The van der Waals surface area contributed by atoms with E-state index >= 15 is 0 Å². The molecule has 3 aromatic rings. The van der Waals surface area contributed by atoms with Crippen molar-refractivity contribution < 1.29 is 22.7 Å². The molecule has 1 aromatic heterocycles. The van der Waals surface area contributed by atoms with Crippen LogP contribution in [0.5, 0.6) is 0 Å². The first-order chi connectivity index (χ1) is 13.2. The minimum Gasteiger partial charge on any atom is -0.465 e. The van der Waals surface area contributed by atoms with Crippen LogP contribution >= 0.6 is 11.6 Å². The van der Waals surface area contributed by atoms with Gasteiger partial charge in [0.25, 0.3) is 5.56 Å². The number of nitrogens with one attached hydrogen (secondary N) is 2. The second-order valence-corrected chi connectivity index (χ2v) is 6.33. The molecule has 1 heterocycles. The highest BCUT2D eigenvalue weighted by Gasteiger charge is 2.33. The molecule has 0 aliphatic rings. The molecular weight excluding hydrogens is 397 g/mol. The maximum Gasteiger partial charge on any atom is 0.416 e. The van der Waals surface area contributed by atoms with Gasteiger partial charge in [-0.1, -0.05) is 29.8 Å². The van der Waals surface area contributed by atoms with Gasteiger partial charge in [0.2, 0.25) is 0 Å². The zero-order chi connectivity index (χ0) is 20.5.